The Morgan fingerprint density at radius 2 is 1.02 bits per heavy atom. The molecule has 3 nitrogen and oxygen atoms in total. The fourth-order valence-electron chi connectivity index (χ4n) is 8.93. The number of aromatic nitrogens is 1. The molecule has 0 aliphatic heterocycles. The quantitative estimate of drug-likeness (QED) is 0.160. The Kier molecular flexibility index (Phi) is 6.45. The van der Waals surface area contributed by atoms with Crippen molar-refractivity contribution in [2.24, 2.45) is 0 Å². The van der Waals surface area contributed by atoms with Crippen molar-refractivity contribution in [2.45, 2.75) is 0 Å². The molecular formula is C58H38N2O. The Morgan fingerprint density at radius 1 is 0.377 bits per heavy atom. The molecule has 2 heterocycles. The normalized spacial score (nSPS) is 13.4. The lowest BCUT2D eigenvalue weighted by Crippen LogP contribution is -2.11. The number of nitrogens with zero attached hydrogens (tertiary/aromatic N) is 2. The van der Waals surface area contributed by atoms with Gasteiger partial charge >= 0.3 is 0 Å². The molecule has 61 heavy (non-hydrogen) atoms. The maximum Gasteiger partial charge on any atom is 0.136 e. The molecule has 0 unspecified atom stereocenters. The van der Waals surface area contributed by atoms with Crippen molar-refractivity contribution in [2.75, 3.05) is 4.90 Å². The fourth-order valence-corrected chi connectivity index (χ4v) is 8.93. The van der Waals surface area contributed by atoms with Crippen LogP contribution in [0, 0.1) is 0 Å². The predicted molar refractivity (Wildman–Crippen MR) is 257 cm³/mol. The minimum atomic E-state index is -0.419. The van der Waals surface area contributed by atoms with E-state index in [0.717, 1.165) is 49.7 Å². The van der Waals surface area contributed by atoms with Gasteiger partial charge < -0.3 is 13.9 Å². The highest BCUT2D eigenvalue weighted by atomic mass is 16.3. The molecule has 286 valence electrons. The van der Waals surface area contributed by atoms with Crippen LogP contribution >= 0.6 is 0 Å². The van der Waals surface area contributed by atoms with Crippen molar-refractivity contribution in [1.29, 1.82) is 0 Å². The van der Waals surface area contributed by atoms with E-state index in [1.165, 1.54) is 0 Å². The average Bonchev–Trinajstić information content (AvgIpc) is 3.96. The van der Waals surface area contributed by atoms with E-state index in [1.54, 1.807) is 0 Å². The molecule has 10 aromatic carbocycles. The lowest BCUT2D eigenvalue weighted by Gasteiger charge is -2.29. The van der Waals surface area contributed by atoms with Crippen LogP contribution in [0.15, 0.2) is 235 Å². The third kappa shape index (κ3) is 5.66. The number of para-hydroxylation sites is 3. The molecule has 0 fully saturated rings. The van der Waals surface area contributed by atoms with Gasteiger partial charge in [-0.25, -0.2) is 0 Å². The summed E-state index contributed by atoms with van der Waals surface area (Å²) in [6, 6.07) is 56.3. The molecule has 0 saturated carbocycles. The van der Waals surface area contributed by atoms with Crippen LogP contribution in [0.3, 0.4) is 0 Å². The van der Waals surface area contributed by atoms with E-state index in [2.05, 4.69) is 4.57 Å². The van der Waals surface area contributed by atoms with Crippen LogP contribution in [0.5, 0.6) is 0 Å². The molecule has 0 radical (unpaired) electrons. The van der Waals surface area contributed by atoms with Crippen LogP contribution in [0.2, 0.25) is 0 Å². The summed E-state index contributed by atoms with van der Waals surface area (Å²) in [5.74, 6) is 0. The molecule has 0 amide bonds. The molecule has 0 spiro atoms. The topological polar surface area (TPSA) is 21.3 Å². The van der Waals surface area contributed by atoms with E-state index in [-0.39, 0.29) is 86.3 Å². The third-order valence-electron chi connectivity index (χ3n) is 11.6. The van der Waals surface area contributed by atoms with Crippen molar-refractivity contribution in [3.63, 3.8) is 0 Å². The van der Waals surface area contributed by atoms with E-state index in [0.29, 0.717) is 16.9 Å². The molecular weight excluding hydrogens is 741 g/mol. The standard InChI is InChI=1S/C58H38N2O/c1-4-17-39(18-5-1)40-33-35-43(36-34-40)59(50-28-12-10-23-44(50)41-19-6-2-7-20-41)51-30-14-25-46-45(51)37-38-55-57(46)58-48(27-16-32-54(58)61-55)47-26-15-31-53-56(47)49-24-11-13-29-52(49)60(53)42-21-8-3-9-22-42/h1-38H/i14D,16D,25D,27D,30D,32D,37D,38D. The predicted octanol–water partition coefficient (Wildman–Crippen LogP) is 16.3. The van der Waals surface area contributed by atoms with Crippen molar-refractivity contribution >= 4 is 71.6 Å². The second kappa shape index (κ2) is 14.3. The summed E-state index contributed by atoms with van der Waals surface area (Å²) in [5, 5.41) is 2.19. The smallest absolute Gasteiger partial charge is 0.136 e. The first-order chi connectivity index (χ1) is 33.6. The molecule has 0 aliphatic carbocycles. The molecule has 0 N–H and O–H groups in total. The number of fused-ring (bicyclic) bond motifs is 8. The lowest BCUT2D eigenvalue weighted by atomic mass is 9.93. The highest BCUT2D eigenvalue weighted by molar-refractivity contribution is 6.27. The minimum absolute atomic E-state index is 0.0639. The molecule has 0 aliphatic rings. The first kappa shape index (κ1) is 27.5. The maximum atomic E-state index is 9.84. The molecule has 2 aromatic heterocycles. The van der Waals surface area contributed by atoms with Gasteiger partial charge in [0.2, 0.25) is 0 Å². The number of hydrogen-bond acceptors (Lipinski definition) is 2. The van der Waals surface area contributed by atoms with Gasteiger partial charge in [0.15, 0.2) is 0 Å². The van der Waals surface area contributed by atoms with Crippen LogP contribution in [0.25, 0.3) is 93.6 Å². The van der Waals surface area contributed by atoms with Gasteiger partial charge in [0.05, 0.1) is 33.4 Å². The van der Waals surface area contributed by atoms with Crippen molar-refractivity contribution in [1.82, 2.24) is 4.57 Å². The molecule has 0 atom stereocenters. The van der Waals surface area contributed by atoms with Crippen LogP contribution in [0.1, 0.15) is 11.0 Å². The second-order valence-electron chi connectivity index (χ2n) is 15.0. The third-order valence-corrected chi connectivity index (χ3v) is 11.6. The highest BCUT2D eigenvalue weighted by Crippen LogP contribution is 2.48. The summed E-state index contributed by atoms with van der Waals surface area (Å²) in [7, 11) is 0. The Labute approximate surface area is 364 Å². The van der Waals surface area contributed by atoms with E-state index in [1.807, 2.05) is 187 Å². The SMILES string of the molecule is [2H]c1c([2H])c(-c2cccc3c2c2ccccc2n3-c2ccccc2)c2c(oc3c([2H])c([2H])c4c(N(c5ccc(-c6ccccc6)cc5)c5ccccc5-c5ccccc5)c([2H])c([2H])c([2H])c4c32)c1[2H]. The van der Waals surface area contributed by atoms with Gasteiger partial charge in [-0.15, -0.1) is 0 Å². The van der Waals surface area contributed by atoms with Crippen LogP contribution < -0.4 is 4.90 Å². The summed E-state index contributed by atoms with van der Waals surface area (Å²) in [6.07, 6.45) is 0. The lowest BCUT2D eigenvalue weighted by molar-refractivity contribution is 0.669. The number of anilines is 3. The van der Waals surface area contributed by atoms with E-state index in [9.17, 15) is 11.0 Å². The summed E-state index contributed by atoms with van der Waals surface area (Å²) in [6.45, 7) is 0. The zero-order chi connectivity index (χ0) is 47.2. The minimum Gasteiger partial charge on any atom is -0.456 e. The van der Waals surface area contributed by atoms with Gasteiger partial charge in [-0.05, 0) is 99.8 Å². The molecule has 3 heteroatoms. The Balaban J connectivity index is 1.23. The number of benzene rings is 10. The highest BCUT2D eigenvalue weighted by Gasteiger charge is 2.23. The van der Waals surface area contributed by atoms with Gasteiger partial charge in [-0.3, -0.25) is 0 Å². The van der Waals surface area contributed by atoms with Gasteiger partial charge in [0, 0.05) is 43.9 Å². The molecule has 0 saturated heterocycles. The van der Waals surface area contributed by atoms with Gasteiger partial charge in [0.1, 0.15) is 11.2 Å². The average molecular weight is 787 g/mol. The maximum absolute atomic E-state index is 9.84. The Morgan fingerprint density at radius 3 is 1.84 bits per heavy atom. The largest absolute Gasteiger partial charge is 0.456 e. The number of rotatable bonds is 7. The molecule has 0 bridgehead atoms. The van der Waals surface area contributed by atoms with Crippen molar-refractivity contribution in [3.05, 3.63) is 230 Å². The van der Waals surface area contributed by atoms with E-state index < -0.39 is 6.04 Å². The summed E-state index contributed by atoms with van der Waals surface area (Å²) in [5.41, 5.74) is 8.34. The number of furan rings is 1. The zero-order valence-corrected chi connectivity index (χ0v) is 32.6. The fraction of sp³-hybridized carbons (Fsp3) is 0. The Bertz CT molecular complexity index is 4040. The van der Waals surface area contributed by atoms with Gasteiger partial charge in [0.25, 0.3) is 0 Å². The van der Waals surface area contributed by atoms with Crippen LogP contribution in [-0.2, 0) is 0 Å². The molecule has 12 aromatic rings. The Hall–Kier alpha value is -8.14. The van der Waals surface area contributed by atoms with Crippen molar-refractivity contribution < 1.29 is 15.4 Å². The second-order valence-corrected chi connectivity index (χ2v) is 15.0. The summed E-state index contributed by atoms with van der Waals surface area (Å²) in [4.78, 5) is 1.85. The van der Waals surface area contributed by atoms with Gasteiger partial charge in [-0.2, -0.15) is 0 Å². The number of hydrogen-bond donors (Lipinski definition) is 0. The zero-order valence-electron chi connectivity index (χ0n) is 40.6. The van der Waals surface area contributed by atoms with Crippen LogP contribution in [-0.4, -0.2) is 4.57 Å². The summed E-state index contributed by atoms with van der Waals surface area (Å²) < 4.78 is 85.5. The first-order valence-corrected chi connectivity index (χ1v) is 20.2. The van der Waals surface area contributed by atoms with E-state index >= 15 is 0 Å². The molecule has 12 rings (SSSR count). The van der Waals surface area contributed by atoms with Crippen LogP contribution in [0.4, 0.5) is 17.1 Å². The van der Waals surface area contributed by atoms with E-state index in [4.69, 9.17) is 4.42 Å². The monoisotopic (exact) mass is 786 g/mol. The van der Waals surface area contributed by atoms with Gasteiger partial charge in [-0.1, -0.05) is 164 Å². The van der Waals surface area contributed by atoms with Crippen molar-refractivity contribution in [3.8, 4) is 39.1 Å². The summed E-state index contributed by atoms with van der Waals surface area (Å²) >= 11 is 0. The first-order valence-electron chi connectivity index (χ1n) is 24.2.